The molecule has 2 N–H and O–H groups in total. The van der Waals surface area contributed by atoms with E-state index in [1.165, 1.54) is 11.9 Å². The highest BCUT2D eigenvalue weighted by Crippen LogP contribution is 2.21. The number of nitrogen functional groups attached to an aromatic ring is 1. The Labute approximate surface area is 98.4 Å². The molecule has 17 heavy (non-hydrogen) atoms. The fourth-order valence-corrected chi connectivity index (χ4v) is 1.57. The average molecular weight is 247 g/mol. The van der Waals surface area contributed by atoms with Gasteiger partial charge in [0, 0.05) is 18.4 Å². The van der Waals surface area contributed by atoms with Crippen molar-refractivity contribution < 1.29 is 13.2 Å². The van der Waals surface area contributed by atoms with Crippen molar-refractivity contribution in [3.63, 3.8) is 0 Å². The van der Waals surface area contributed by atoms with Crippen molar-refractivity contribution in [2.24, 2.45) is 0 Å². The average Bonchev–Trinajstić information content (AvgIpc) is 2.16. The summed E-state index contributed by atoms with van der Waals surface area (Å²) in [7, 11) is 1.41. The maximum Gasteiger partial charge on any atom is 0.401 e. The van der Waals surface area contributed by atoms with Gasteiger partial charge < -0.3 is 5.73 Å². The maximum absolute atomic E-state index is 12.2. The smallest absolute Gasteiger partial charge is 0.398 e. The summed E-state index contributed by atoms with van der Waals surface area (Å²) in [6.07, 6.45) is -2.61. The number of aromatic nitrogens is 1. The monoisotopic (exact) mass is 247 g/mol. The molecule has 0 spiro atoms. The van der Waals surface area contributed by atoms with Gasteiger partial charge in [0.1, 0.15) is 0 Å². The number of alkyl halides is 3. The molecule has 1 rings (SSSR count). The zero-order chi connectivity index (χ0) is 13.2. The topological polar surface area (TPSA) is 42.2 Å². The first-order chi connectivity index (χ1) is 7.70. The van der Waals surface area contributed by atoms with Crippen molar-refractivity contribution in [3.8, 4) is 0 Å². The molecule has 1 aromatic rings. The van der Waals surface area contributed by atoms with E-state index >= 15 is 0 Å². The van der Waals surface area contributed by atoms with E-state index in [0.29, 0.717) is 11.4 Å². The zero-order valence-corrected chi connectivity index (χ0v) is 10.1. The van der Waals surface area contributed by atoms with E-state index in [2.05, 4.69) is 4.98 Å². The lowest BCUT2D eigenvalue weighted by molar-refractivity contribution is -0.144. The highest BCUT2D eigenvalue weighted by Gasteiger charge is 2.29. The van der Waals surface area contributed by atoms with Crippen LogP contribution in [0.2, 0.25) is 0 Å². The highest BCUT2D eigenvalue weighted by molar-refractivity contribution is 5.53. The van der Waals surface area contributed by atoms with Gasteiger partial charge in [-0.3, -0.25) is 9.88 Å². The third kappa shape index (κ3) is 3.89. The van der Waals surface area contributed by atoms with Crippen LogP contribution in [-0.4, -0.2) is 29.7 Å². The van der Waals surface area contributed by atoms with E-state index in [-0.39, 0.29) is 6.54 Å². The molecule has 6 heteroatoms. The lowest BCUT2D eigenvalue weighted by Crippen LogP contribution is -2.31. The molecular formula is C11H16F3N3. The van der Waals surface area contributed by atoms with E-state index in [4.69, 9.17) is 5.73 Å². The Balaban J connectivity index is 2.79. The Morgan fingerprint density at radius 2 is 1.94 bits per heavy atom. The fraction of sp³-hybridized carbons (Fsp3) is 0.545. The Morgan fingerprint density at radius 3 is 2.47 bits per heavy atom. The van der Waals surface area contributed by atoms with Gasteiger partial charge in [0.25, 0.3) is 0 Å². The van der Waals surface area contributed by atoms with E-state index in [1.807, 2.05) is 6.92 Å². The first-order valence-corrected chi connectivity index (χ1v) is 5.16. The van der Waals surface area contributed by atoms with Gasteiger partial charge in [0.15, 0.2) is 0 Å². The Bertz CT molecular complexity index is 402. The van der Waals surface area contributed by atoms with E-state index in [0.717, 1.165) is 11.1 Å². The van der Waals surface area contributed by atoms with Crippen LogP contribution in [0.25, 0.3) is 0 Å². The van der Waals surface area contributed by atoms with Crippen LogP contribution in [-0.2, 0) is 6.54 Å². The fourth-order valence-electron chi connectivity index (χ4n) is 1.57. The molecule has 0 radical (unpaired) electrons. The number of halogens is 3. The number of nitrogens with two attached hydrogens (primary N) is 1. The highest BCUT2D eigenvalue weighted by atomic mass is 19.4. The first kappa shape index (κ1) is 13.8. The molecule has 0 atom stereocenters. The summed E-state index contributed by atoms with van der Waals surface area (Å²) in [5.74, 6) is 0. The normalized spacial score (nSPS) is 12.2. The van der Waals surface area contributed by atoms with Crippen LogP contribution in [0.3, 0.4) is 0 Å². The van der Waals surface area contributed by atoms with Crippen molar-refractivity contribution in [1.82, 2.24) is 9.88 Å². The molecule has 0 fully saturated rings. The second-order valence-corrected chi connectivity index (χ2v) is 4.21. The molecular weight excluding hydrogens is 231 g/mol. The molecule has 0 saturated carbocycles. The zero-order valence-electron chi connectivity index (χ0n) is 10.1. The summed E-state index contributed by atoms with van der Waals surface area (Å²) in [6, 6.07) is 0. The lowest BCUT2D eigenvalue weighted by atomic mass is 10.1. The Morgan fingerprint density at radius 1 is 1.35 bits per heavy atom. The molecule has 96 valence electrons. The van der Waals surface area contributed by atoms with Crippen molar-refractivity contribution in [2.75, 3.05) is 19.3 Å². The standard InChI is InChI=1S/C11H16F3N3/c1-7-4-16-9(8(2)10(7)15)5-17(3)6-11(12,13)14/h4H,5-6H2,1-3H3,(H2,15,16). The van der Waals surface area contributed by atoms with Crippen LogP contribution in [0.4, 0.5) is 18.9 Å². The molecule has 0 saturated heterocycles. The summed E-state index contributed by atoms with van der Waals surface area (Å²) < 4.78 is 36.5. The van der Waals surface area contributed by atoms with Crippen LogP contribution in [0.5, 0.6) is 0 Å². The third-order valence-corrected chi connectivity index (χ3v) is 2.54. The molecule has 0 amide bonds. The molecule has 0 unspecified atom stereocenters. The summed E-state index contributed by atoms with van der Waals surface area (Å²) in [6.45, 7) is 2.77. The van der Waals surface area contributed by atoms with E-state index in [1.54, 1.807) is 13.1 Å². The van der Waals surface area contributed by atoms with Gasteiger partial charge >= 0.3 is 6.18 Å². The van der Waals surface area contributed by atoms with Crippen LogP contribution >= 0.6 is 0 Å². The predicted octanol–water partition coefficient (Wildman–Crippen LogP) is 2.27. The van der Waals surface area contributed by atoms with Gasteiger partial charge in [0.05, 0.1) is 12.2 Å². The summed E-state index contributed by atoms with van der Waals surface area (Å²) >= 11 is 0. The van der Waals surface area contributed by atoms with Crippen LogP contribution in [0, 0.1) is 13.8 Å². The third-order valence-electron chi connectivity index (χ3n) is 2.54. The number of pyridine rings is 1. The van der Waals surface area contributed by atoms with Gasteiger partial charge in [0.2, 0.25) is 0 Å². The van der Waals surface area contributed by atoms with Crippen molar-refractivity contribution in [3.05, 3.63) is 23.0 Å². The van der Waals surface area contributed by atoms with Gasteiger partial charge in [-0.1, -0.05) is 0 Å². The number of hydrogen-bond acceptors (Lipinski definition) is 3. The maximum atomic E-state index is 12.2. The minimum atomic E-state index is -4.20. The van der Waals surface area contributed by atoms with Gasteiger partial charge in [-0.05, 0) is 32.0 Å². The summed E-state index contributed by atoms with van der Waals surface area (Å²) in [5, 5.41) is 0. The minimum absolute atomic E-state index is 0.135. The Hall–Kier alpha value is -1.30. The Kier molecular flexibility index (Phi) is 3.98. The molecule has 0 aliphatic carbocycles. The quantitative estimate of drug-likeness (QED) is 0.891. The molecule has 0 aliphatic rings. The SMILES string of the molecule is Cc1cnc(CN(C)CC(F)(F)F)c(C)c1N. The number of hydrogen-bond donors (Lipinski definition) is 1. The van der Waals surface area contributed by atoms with E-state index in [9.17, 15) is 13.2 Å². The molecule has 0 aromatic carbocycles. The number of nitrogens with zero attached hydrogens (tertiary/aromatic N) is 2. The largest absolute Gasteiger partial charge is 0.401 e. The first-order valence-electron chi connectivity index (χ1n) is 5.16. The number of rotatable bonds is 3. The number of aryl methyl sites for hydroxylation is 1. The van der Waals surface area contributed by atoms with Crippen LogP contribution in [0.1, 0.15) is 16.8 Å². The predicted molar refractivity (Wildman–Crippen MR) is 60.5 cm³/mol. The lowest BCUT2D eigenvalue weighted by Gasteiger charge is -2.19. The molecule has 0 aliphatic heterocycles. The van der Waals surface area contributed by atoms with Crippen LogP contribution < -0.4 is 5.73 Å². The molecule has 1 aromatic heterocycles. The second kappa shape index (κ2) is 4.91. The van der Waals surface area contributed by atoms with Gasteiger partial charge in [-0.2, -0.15) is 13.2 Å². The summed E-state index contributed by atoms with van der Waals surface area (Å²) in [5.41, 5.74) is 8.57. The summed E-state index contributed by atoms with van der Waals surface area (Å²) in [4.78, 5) is 5.29. The minimum Gasteiger partial charge on any atom is -0.398 e. The van der Waals surface area contributed by atoms with Crippen molar-refractivity contribution in [1.29, 1.82) is 0 Å². The van der Waals surface area contributed by atoms with Crippen molar-refractivity contribution in [2.45, 2.75) is 26.6 Å². The van der Waals surface area contributed by atoms with Gasteiger partial charge in [-0.25, -0.2) is 0 Å². The van der Waals surface area contributed by atoms with Crippen molar-refractivity contribution >= 4 is 5.69 Å². The van der Waals surface area contributed by atoms with E-state index < -0.39 is 12.7 Å². The van der Waals surface area contributed by atoms with Crippen LogP contribution in [0.15, 0.2) is 6.20 Å². The molecule has 3 nitrogen and oxygen atoms in total. The number of anilines is 1. The molecule has 0 bridgehead atoms. The second-order valence-electron chi connectivity index (χ2n) is 4.21. The van der Waals surface area contributed by atoms with Gasteiger partial charge in [-0.15, -0.1) is 0 Å². The molecule has 1 heterocycles.